The number of hydrogen-bond donors (Lipinski definition) is 5. The third-order valence-corrected chi connectivity index (χ3v) is 7.22. The molecule has 0 spiro atoms. The Hall–Kier alpha value is -4.03. The number of halogens is 1. The van der Waals surface area contributed by atoms with Crippen LogP contribution in [0.2, 0.25) is 0 Å². The van der Waals surface area contributed by atoms with E-state index in [9.17, 15) is 9.18 Å². The minimum atomic E-state index is -1.58. The van der Waals surface area contributed by atoms with E-state index in [1.54, 1.807) is 30.0 Å². The molecule has 6 N–H and O–H groups in total. The highest BCUT2D eigenvalue weighted by Gasteiger charge is 2.30. The van der Waals surface area contributed by atoms with Crippen LogP contribution in [0.1, 0.15) is 41.6 Å². The van der Waals surface area contributed by atoms with E-state index in [4.69, 9.17) is 20.9 Å². The summed E-state index contributed by atoms with van der Waals surface area (Å²) in [5.74, 6) is -0.392. The number of hydrogen-bond acceptors (Lipinski definition) is 9. The van der Waals surface area contributed by atoms with Gasteiger partial charge in [0.25, 0.3) is 5.91 Å². The molecule has 2 aliphatic rings. The molecule has 5 rings (SSSR count). The van der Waals surface area contributed by atoms with E-state index >= 15 is 0 Å². The number of aryl methyl sites for hydroxylation is 1. The van der Waals surface area contributed by atoms with Crippen molar-refractivity contribution in [3.05, 3.63) is 53.5 Å². The Morgan fingerprint density at radius 2 is 2.08 bits per heavy atom. The fourth-order valence-corrected chi connectivity index (χ4v) is 4.75. The van der Waals surface area contributed by atoms with Gasteiger partial charge in [0, 0.05) is 75.5 Å². The van der Waals surface area contributed by atoms with Crippen molar-refractivity contribution in [3.63, 3.8) is 0 Å². The van der Waals surface area contributed by atoms with Crippen LogP contribution in [0, 0.1) is 12.3 Å². The predicted molar refractivity (Wildman–Crippen MR) is 152 cm³/mol. The van der Waals surface area contributed by atoms with Crippen LogP contribution in [-0.4, -0.2) is 76.7 Å². The summed E-state index contributed by atoms with van der Waals surface area (Å²) >= 11 is 0. The average molecular weight is 550 g/mol. The third kappa shape index (κ3) is 6.40. The van der Waals surface area contributed by atoms with Crippen molar-refractivity contribution < 1.29 is 13.9 Å². The Balaban J connectivity index is 1.42. The van der Waals surface area contributed by atoms with Gasteiger partial charge in [-0.15, -0.1) is 0 Å². The van der Waals surface area contributed by atoms with Gasteiger partial charge in [0.2, 0.25) is 5.88 Å². The molecule has 1 aliphatic carbocycles. The van der Waals surface area contributed by atoms with Gasteiger partial charge in [0.1, 0.15) is 5.82 Å². The second-order valence-corrected chi connectivity index (χ2v) is 10.4. The predicted octanol–water partition coefficient (Wildman–Crippen LogP) is 2.82. The topological polar surface area (TPSA) is 146 Å². The fraction of sp³-hybridized carbons (Fsp3) is 0.429. The van der Waals surface area contributed by atoms with E-state index in [0.717, 1.165) is 35.7 Å². The van der Waals surface area contributed by atoms with E-state index in [0.29, 0.717) is 61.9 Å². The zero-order chi connectivity index (χ0) is 28.3. The Bertz CT molecular complexity index is 1420. The van der Waals surface area contributed by atoms with Gasteiger partial charge in [0.15, 0.2) is 17.2 Å². The first-order valence-electron chi connectivity index (χ1n) is 13.6. The molecule has 1 aromatic carbocycles. The van der Waals surface area contributed by atoms with Crippen molar-refractivity contribution in [2.75, 3.05) is 38.5 Å². The zero-order valence-electron chi connectivity index (χ0n) is 22.8. The van der Waals surface area contributed by atoms with Crippen LogP contribution in [0.25, 0.3) is 16.8 Å². The molecule has 40 heavy (non-hydrogen) atoms. The smallest absolute Gasteiger partial charge is 0.251 e. The van der Waals surface area contributed by atoms with Crippen molar-refractivity contribution in [3.8, 4) is 17.0 Å². The van der Waals surface area contributed by atoms with Crippen molar-refractivity contribution in [1.29, 1.82) is 5.41 Å². The van der Waals surface area contributed by atoms with E-state index in [2.05, 4.69) is 25.9 Å². The largest absolute Gasteiger partial charge is 0.436 e. The van der Waals surface area contributed by atoms with Gasteiger partial charge in [-0.2, -0.15) is 14.6 Å². The molecular formula is C28H36FN9O2. The summed E-state index contributed by atoms with van der Waals surface area (Å²) in [7, 11) is 1.72. The number of allylic oxidation sites excluding steroid dienone is 1. The number of ether oxygens (including phenoxy) is 1. The second-order valence-electron chi connectivity index (χ2n) is 10.4. The molecule has 2 aromatic heterocycles. The lowest BCUT2D eigenvalue weighted by Gasteiger charge is -2.33. The maximum atomic E-state index is 14.0. The number of nitrogens with two attached hydrogens (primary N) is 1. The van der Waals surface area contributed by atoms with E-state index < -0.39 is 5.79 Å². The van der Waals surface area contributed by atoms with E-state index in [-0.39, 0.29) is 17.7 Å². The number of likely N-dealkylation sites (tertiary alicyclic amines) is 1. The summed E-state index contributed by atoms with van der Waals surface area (Å²) in [4.78, 5) is 19.5. The Morgan fingerprint density at radius 1 is 1.30 bits per heavy atom. The molecule has 0 bridgehead atoms. The van der Waals surface area contributed by atoms with Crippen molar-refractivity contribution in [1.82, 2.24) is 30.1 Å². The molecule has 1 saturated heterocycles. The number of piperidine rings is 1. The maximum absolute atomic E-state index is 14.0. The quantitative estimate of drug-likeness (QED) is 0.139. The number of anilines is 1. The molecule has 11 nitrogen and oxygen atoms in total. The number of benzene rings is 1. The number of rotatable bonds is 11. The van der Waals surface area contributed by atoms with Gasteiger partial charge in [-0.3, -0.25) is 10.5 Å². The molecule has 212 valence electrons. The molecule has 1 aliphatic heterocycles. The lowest BCUT2D eigenvalue weighted by molar-refractivity contribution is 0.0658. The van der Waals surface area contributed by atoms with Gasteiger partial charge < -0.3 is 31.0 Å². The number of carbonyl (C=O) groups is 1. The number of alkyl halides is 1. The molecule has 2 fully saturated rings. The van der Waals surface area contributed by atoms with Crippen molar-refractivity contribution in [2.45, 2.75) is 44.4 Å². The molecule has 1 saturated carbocycles. The molecular weight excluding hydrogens is 513 g/mol. The highest BCUT2D eigenvalue weighted by molar-refractivity contribution is 5.97. The normalized spacial score (nSPS) is 17.4. The van der Waals surface area contributed by atoms with Gasteiger partial charge in [0.05, 0.1) is 12.4 Å². The molecule has 3 heterocycles. The van der Waals surface area contributed by atoms with Gasteiger partial charge in [-0.25, -0.2) is 4.39 Å². The first-order chi connectivity index (χ1) is 19.3. The number of fused-ring (bicyclic) bond motifs is 1. The lowest BCUT2D eigenvalue weighted by atomic mass is 10.0. The first kappa shape index (κ1) is 27.5. The van der Waals surface area contributed by atoms with Crippen LogP contribution in [0.15, 0.2) is 42.4 Å². The molecule has 1 amide bonds. The highest BCUT2D eigenvalue weighted by Crippen LogP contribution is 2.30. The number of nitrogens with zero attached hydrogens (tertiary/aromatic N) is 4. The lowest BCUT2D eigenvalue weighted by Crippen LogP contribution is -2.48. The fourth-order valence-electron chi connectivity index (χ4n) is 4.75. The van der Waals surface area contributed by atoms with Crippen LogP contribution in [0.5, 0.6) is 5.88 Å². The summed E-state index contributed by atoms with van der Waals surface area (Å²) in [5, 5.41) is 21.6. The standard InChI is InChI=1S/C28H36FN9O2/c1-18-13-19(3-6-22(18)27(39)35-20-4-5-20)23-17-34-38-24(33-9-12-37-10-7-28(29,31)8-11-37)14-25(36-26(23)38)40-21(15-30)16-32-2/h3,6,13-17,20,30,32-33H,4-5,7-12,31H2,1-2H3,(H,35,39)/b21-16+,30-15?. The highest BCUT2D eigenvalue weighted by atomic mass is 19.1. The molecule has 0 unspecified atom stereocenters. The minimum Gasteiger partial charge on any atom is -0.436 e. The van der Waals surface area contributed by atoms with Crippen LogP contribution in [0.3, 0.4) is 0 Å². The Kier molecular flexibility index (Phi) is 7.99. The number of carbonyl (C=O) groups excluding carboxylic acids is 1. The first-order valence-corrected chi connectivity index (χ1v) is 13.6. The Labute approximate surface area is 232 Å². The van der Waals surface area contributed by atoms with E-state index in [1.165, 1.54) is 0 Å². The maximum Gasteiger partial charge on any atom is 0.251 e. The van der Waals surface area contributed by atoms with Crippen LogP contribution in [0.4, 0.5) is 10.2 Å². The van der Waals surface area contributed by atoms with Crippen LogP contribution < -0.4 is 26.4 Å². The van der Waals surface area contributed by atoms with Crippen LogP contribution in [-0.2, 0) is 0 Å². The summed E-state index contributed by atoms with van der Waals surface area (Å²) in [6.07, 6.45) is 7.10. The second kappa shape index (κ2) is 11.6. The summed E-state index contributed by atoms with van der Waals surface area (Å²) in [5.41, 5.74) is 9.35. The van der Waals surface area contributed by atoms with Crippen molar-refractivity contribution >= 4 is 23.6 Å². The molecule has 3 aromatic rings. The number of aromatic nitrogens is 3. The zero-order valence-corrected chi connectivity index (χ0v) is 22.8. The average Bonchev–Trinajstić information content (AvgIpc) is 3.64. The van der Waals surface area contributed by atoms with Gasteiger partial charge in [-0.1, -0.05) is 12.1 Å². The van der Waals surface area contributed by atoms with Gasteiger partial charge in [-0.05, 0) is 37.0 Å². The minimum absolute atomic E-state index is 0.0559. The summed E-state index contributed by atoms with van der Waals surface area (Å²) < 4.78 is 21.6. The number of amides is 1. The summed E-state index contributed by atoms with van der Waals surface area (Å²) in [6.45, 7) is 4.42. The van der Waals surface area contributed by atoms with Crippen LogP contribution >= 0.6 is 0 Å². The molecule has 0 atom stereocenters. The molecule has 12 heteroatoms. The van der Waals surface area contributed by atoms with E-state index in [1.807, 2.05) is 25.1 Å². The monoisotopic (exact) mass is 549 g/mol. The SMILES string of the molecule is CN/C=C(\C=N)Oc1cc(NCCN2CCC(N)(F)CC2)n2ncc(-c3ccc(C(=O)NC4CC4)c(C)c3)c2n1. The third-order valence-electron chi connectivity index (χ3n) is 7.22. The van der Waals surface area contributed by atoms with Crippen molar-refractivity contribution in [2.24, 2.45) is 5.73 Å². The summed E-state index contributed by atoms with van der Waals surface area (Å²) in [6, 6.07) is 7.71. The number of nitrogens with one attached hydrogen (secondary N) is 4. The van der Waals surface area contributed by atoms with Gasteiger partial charge >= 0.3 is 0 Å². The molecule has 0 radical (unpaired) electrons. The Morgan fingerprint density at radius 3 is 2.75 bits per heavy atom.